The molecule has 0 amide bonds. The first kappa shape index (κ1) is 12.0. The minimum atomic E-state index is 0.00725. The smallest absolute Gasteiger partial charge is 0.119 e. The van der Waals surface area contributed by atoms with Crippen molar-refractivity contribution < 1.29 is 9.84 Å². The van der Waals surface area contributed by atoms with E-state index in [2.05, 4.69) is 0 Å². The molecule has 0 spiro atoms. The summed E-state index contributed by atoms with van der Waals surface area (Å²) < 4.78 is 5.34. The fourth-order valence-corrected chi connectivity index (χ4v) is 1.46. The summed E-state index contributed by atoms with van der Waals surface area (Å²) in [7, 11) is 0. The number of ether oxygens (including phenoxy) is 1. The lowest BCUT2D eigenvalue weighted by Gasteiger charge is -2.11. The van der Waals surface area contributed by atoms with Crippen LogP contribution < -0.4 is 10.5 Å². The van der Waals surface area contributed by atoms with Crippen molar-refractivity contribution >= 4 is 0 Å². The van der Waals surface area contributed by atoms with Crippen LogP contribution in [-0.2, 0) is 0 Å². The highest BCUT2D eigenvalue weighted by molar-refractivity contribution is 5.28. The van der Waals surface area contributed by atoms with Crippen molar-refractivity contribution in [2.75, 3.05) is 13.2 Å². The summed E-state index contributed by atoms with van der Waals surface area (Å²) >= 11 is 0. The van der Waals surface area contributed by atoms with Crippen molar-refractivity contribution in [2.45, 2.75) is 25.8 Å². The van der Waals surface area contributed by atoms with E-state index in [0.29, 0.717) is 6.61 Å². The number of hydrogen-bond donors (Lipinski definition) is 2. The molecule has 0 heterocycles. The molecule has 0 fully saturated rings. The normalized spacial score (nSPS) is 12.5. The molecule has 0 aliphatic rings. The second-order valence-electron chi connectivity index (χ2n) is 3.47. The van der Waals surface area contributed by atoms with Crippen LogP contribution >= 0.6 is 0 Å². The Kier molecular flexibility index (Phi) is 5.15. The van der Waals surface area contributed by atoms with Crippen LogP contribution in [0.25, 0.3) is 0 Å². The predicted molar refractivity (Wildman–Crippen MR) is 60.9 cm³/mol. The van der Waals surface area contributed by atoms with Crippen LogP contribution in [0.4, 0.5) is 0 Å². The lowest BCUT2D eigenvalue weighted by atomic mass is 10.0. The van der Waals surface area contributed by atoms with Crippen LogP contribution in [0.3, 0.4) is 0 Å². The molecule has 0 aliphatic heterocycles. The molecule has 84 valence electrons. The molecule has 0 saturated heterocycles. The fraction of sp³-hybridized carbons (Fsp3) is 0.500. The highest BCUT2D eigenvalue weighted by Crippen LogP contribution is 2.19. The number of hydrogen-bond acceptors (Lipinski definition) is 3. The van der Waals surface area contributed by atoms with Gasteiger partial charge in [-0.1, -0.05) is 12.1 Å². The predicted octanol–water partition coefficient (Wildman–Crippen LogP) is 1.86. The standard InChI is InChI=1S/C12H19NO2/c1-2-15-11-7-5-10(6-8-11)12(13)4-3-9-14/h5-8,12,14H,2-4,9,13H2,1H3/t12-/m1/s1. The Balaban J connectivity index is 2.54. The molecule has 1 atom stereocenters. The molecule has 15 heavy (non-hydrogen) atoms. The summed E-state index contributed by atoms with van der Waals surface area (Å²) in [5.74, 6) is 0.871. The van der Waals surface area contributed by atoms with Crippen LogP contribution in [0.1, 0.15) is 31.4 Å². The molecule has 1 rings (SSSR count). The largest absolute Gasteiger partial charge is 0.494 e. The molecular formula is C12H19NO2. The van der Waals surface area contributed by atoms with Crippen molar-refractivity contribution in [3.05, 3.63) is 29.8 Å². The van der Waals surface area contributed by atoms with Gasteiger partial charge in [0.15, 0.2) is 0 Å². The van der Waals surface area contributed by atoms with E-state index in [1.165, 1.54) is 0 Å². The van der Waals surface area contributed by atoms with Gasteiger partial charge in [0, 0.05) is 12.6 Å². The lowest BCUT2D eigenvalue weighted by Crippen LogP contribution is -2.10. The molecule has 0 aromatic heterocycles. The summed E-state index contributed by atoms with van der Waals surface area (Å²) in [5, 5.41) is 8.70. The molecule has 0 saturated carbocycles. The van der Waals surface area contributed by atoms with E-state index < -0.39 is 0 Å². The third-order valence-electron chi connectivity index (χ3n) is 2.29. The van der Waals surface area contributed by atoms with E-state index >= 15 is 0 Å². The zero-order valence-corrected chi connectivity index (χ0v) is 9.15. The first-order chi connectivity index (χ1) is 7.27. The van der Waals surface area contributed by atoms with Crippen LogP contribution in [0.2, 0.25) is 0 Å². The van der Waals surface area contributed by atoms with Crippen molar-refractivity contribution in [1.29, 1.82) is 0 Å². The minimum absolute atomic E-state index is 0.00725. The second kappa shape index (κ2) is 6.43. The van der Waals surface area contributed by atoms with E-state index in [4.69, 9.17) is 15.6 Å². The minimum Gasteiger partial charge on any atom is -0.494 e. The molecular weight excluding hydrogens is 190 g/mol. The van der Waals surface area contributed by atoms with Gasteiger partial charge in [-0.2, -0.15) is 0 Å². The van der Waals surface area contributed by atoms with E-state index in [0.717, 1.165) is 24.2 Å². The van der Waals surface area contributed by atoms with Crippen LogP contribution in [0, 0.1) is 0 Å². The molecule has 3 nitrogen and oxygen atoms in total. The van der Waals surface area contributed by atoms with Gasteiger partial charge in [0.25, 0.3) is 0 Å². The number of aliphatic hydroxyl groups is 1. The average Bonchev–Trinajstić information content (AvgIpc) is 2.27. The van der Waals surface area contributed by atoms with Gasteiger partial charge in [0.2, 0.25) is 0 Å². The molecule has 0 radical (unpaired) electrons. The first-order valence-electron chi connectivity index (χ1n) is 5.37. The van der Waals surface area contributed by atoms with Gasteiger partial charge < -0.3 is 15.6 Å². The topological polar surface area (TPSA) is 55.5 Å². The summed E-state index contributed by atoms with van der Waals surface area (Å²) in [6.07, 6.45) is 1.55. The van der Waals surface area contributed by atoms with Gasteiger partial charge in [0.05, 0.1) is 6.61 Å². The van der Waals surface area contributed by atoms with Crippen LogP contribution in [0.5, 0.6) is 5.75 Å². The Morgan fingerprint density at radius 2 is 2.00 bits per heavy atom. The molecule has 1 aromatic rings. The van der Waals surface area contributed by atoms with E-state index in [-0.39, 0.29) is 12.6 Å². The van der Waals surface area contributed by atoms with Gasteiger partial charge in [-0.3, -0.25) is 0 Å². The number of nitrogens with two attached hydrogens (primary N) is 1. The van der Waals surface area contributed by atoms with Gasteiger partial charge >= 0.3 is 0 Å². The van der Waals surface area contributed by atoms with Crippen molar-refractivity contribution in [3.8, 4) is 5.75 Å². The third kappa shape index (κ3) is 3.90. The maximum atomic E-state index is 8.70. The quantitative estimate of drug-likeness (QED) is 0.752. The molecule has 3 N–H and O–H groups in total. The second-order valence-corrected chi connectivity index (χ2v) is 3.47. The number of rotatable bonds is 6. The summed E-state index contributed by atoms with van der Waals surface area (Å²) in [4.78, 5) is 0. The fourth-order valence-electron chi connectivity index (χ4n) is 1.46. The molecule has 0 unspecified atom stereocenters. The lowest BCUT2D eigenvalue weighted by molar-refractivity contribution is 0.280. The zero-order chi connectivity index (χ0) is 11.1. The number of benzene rings is 1. The molecule has 3 heteroatoms. The Morgan fingerprint density at radius 1 is 1.33 bits per heavy atom. The maximum absolute atomic E-state index is 8.70. The summed E-state index contributed by atoms with van der Waals surface area (Å²) in [5.41, 5.74) is 7.04. The van der Waals surface area contributed by atoms with Gasteiger partial charge in [-0.25, -0.2) is 0 Å². The van der Waals surface area contributed by atoms with E-state index in [1.54, 1.807) is 0 Å². The SMILES string of the molecule is CCOc1ccc([C@H](N)CCCO)cc1. The van der Waals surface area contributed by atoms with Crippen LogP contribution in [-0.4, -0.2) is 18.3 Å². The highest BCUT2D eigenvalue weighted by Gasteiger charge is 2.05. The zero-order valence-electron chi connectivity index (χ0n) is 9.15. The van der Waals surface area contributed by atoms with E-state index in [1.807, 2.05) is 31.2 Å². The molecule has 0 bridgehead atoms. The number of aliphatic hydroxyl groups excluding tert-OH is 1. The maximum Gasteiger partial charge on any atom is 0.119 e. The monoisotopic (exact) mass is 209 g/mol. The average molecular weight is 209 g/mol. The summed E-state index contributed by atoms with van der Waals surface area (Å²) in [6, 6.07) is 7.82. The third-order valence-corrected chi connectivity index (χ3v) is 2.29. The molecule has 1 aromatic carbocycles. The first-order valence-corrected chi connectivity index (χ1v) is 5.37. The summed E-state index contributed by atoms with van der Waals surface area (Å²) in [6.45, 7) is 2.83. The van der Waals surface area contributed by atoms with Gasteiger partial charge in [-0.05, 0) is 37.5 Å². The van der Waals surface area contributed by atoms with Gasteiger partial charge in [-0.15, -0.1) is 0 Å². The Morgan fingerprint density at radius 3 is 2.53 bits per heavy atom. The Hall–Kier alpha value is -1.06. The van der Waals surface area contributed by atoms with Gasteiger partial charge in [0.1, 0.15) is 5.75 Å². The Bertz CT molecular complexity index is 271. The Labute approximate surface area is 90.9 Å². The van der Waals surface area contributed by atoms with E-state index in [9.17, 15) is 0 Å². The molecule has 0 aliphatic carbocycles. The van der Waals surface area contributed by atoms with Crippen molar-refractivity contribution in [3.63, 3.8) is 0 Å². The highest BCUT2D eigenvalue weighted by atomic mass is 16.5. The van der Waals surface area contributed by atoms with Crippen molar-refractivity contribution in [2.24, 2.45) is 5.73 Å². The van der Waals surface area contributed by atoms with Crippen LogP contribution in [0.15, 0.2) is 24.3 Å². The van der Waals surface area contributed by atoms with Crippen molar-refractivity contribution in [1.82, 2.24) is 0 Å².